The second kappa shape index (κ2) is 6.31. The predicted molar refractivity (Wildman–Crippen MR) is 89.7 cm³/mol. The zero-order valence-electron chi connectivity index (χ0n) is 12.8. The highest BCUT2D eigenvalue weighted by Gasteiger charge is 2.24. The van der Waals surface area contributed by atoms with E-state index in [-0.39, 0.29) is 0 Å². The van der Waals surface area contributed by atoms with E-state index in [0.717, 1.165) is 19.5 Å². The second-order valence-corrected chi connectivity index (χ2v) is 5.93. The number of anilines is 1. The number of rotatable bonds is 4. The number of nitrogens with two attached hydrogens (primary N) is 1. The molecule has 1 aliphatic heterocycles. The lowest BCUT2D eigenvalue weighted by atomic mass is 9.94. The molecule has 2 aromatic carbocycles. The Bertz CT molecular complexity index is 592. The molecule has 0 aliphatic carbocycles. The van der Waals surface area contributed by atoms with Crippen molar-refractivity contribution in [3.63, 3.8) is 0 Å². The molecule has 0 radical (unpaired) electrons. The first kappa shape index (κ1) is 14.2. The van der Waals surface area contributed by atoms with Gasteiger partial charge in [0, 0.05) is 12.2 Å². The smallest absolute Gasteiger partial charge is 0.0554 e. The molecule has 0 aromatic heterocycles. The molecule has 1 heterocycles. The molecule has 0 saturated heterocycles. The minimum Gasteiger partial charge on any atom is -0.364 e. The third-order valence-corrected chi connectivity index (χ3v) is 4.39. The minimum absolute atomic E-state index is 0.387. The van der Waals surface area contributed by atoms with Crippen molar-refractivity contribution in [1.82, 2.24) is 0 Å². The minimum atomic E-state index is 0.387. The zero-order chi connectivity index (χ0) is 14.7. The molecular formula is C19H24N2. The number of benzene rings is 2. The Morgan fingerprint density at radius 1 is 1.14 bits per heavy atom. The third-order valence-electron chi connectivity index (χ3n) is 4.39. The molecule has 0 amide bonds. The van der Waals surface area contributed by atoms with Gasteiger partial charge in [-0.25, -0.2) is 0 Å². The molecule has 2 nitrogen and oxygen atoms in total. The first-order valence-corrected chi connectivity index (χ1v) is 7.91. The molecule has 3 rings (SSSR count). The number of fused-ring (bicyclic) bond motifs is 1. The van der Waals surface area contributed by atoms with Gasteiger partial charge in [-0.15, -0.1) is 0 Å². The molecule has 2 aromatic rings. The lowest BCUT2D eigenvalue weighted by Crippen LogP contribution is -2.34. The number of hydrogen-bond donors (Lipinski definition) is 1. The third kappa shape index (κ3) is 2.96. The molecule has 0 bridgehead atoms. The fourth-order valence-electron chi connectivity index (χ4n) is 3.41. The lowest BCUT2D eigenvalue weighted by molar-refractivity contribution is 0.553. The maximum Gasteiger partial charge on any atom is 0.0554 e. The van der Waals surface area contributed by atoms with E-state index in [9.17, 15) is 0 Å². The summed E-state index contributed by atoms with van der Waals surface area (Å²) < 4.78 is 0. The van der Waals surface area contributed by atoms with E-state index < -0.39 is 0 Å². The van der Waals surface area contributed by atoms with Gasteiger partial charge in [-0.3, -0.25) is 0 Å². The summed E-state index contributed by atoms with van der Waals surface area (Å²) in [6.45, 7) is 4.01. The largest absolute Gasteiger partial charge is 0.364 e. The van der Waals surface area contributed by atoms with Crippen molar-refractivity contribution in [1.29, 1.82) is 0 Å². The average molecular weight is 280 g/mol. The molecule has 0 fully saturated rings. The van der Waals surface area contributed by atoms with Crippen molar-refractivity contribution in [2.24, 2.45) is 5.73 Å². The molecule has 1 aliphatic rings. The highest BCUT2D eigenvalue weighted by molar-refractivity contribution is 5.58. The summed E-state index contributed by atoms with van der Waals surface area (Å²) in [5.41, 5.74) is 11.5. The lowest BCUT2D eigenvalue weighted by Gasteiger charge is -2.38. The number of nitrogens with zero attached hydrogens (tertiary/aromatic N) is 1. The van der Waals surface area contributed by atoms with Crippen LogP contribution in [0.4, 0.5) is 5.69 Å². The molecular weight excluding hydrogens is 256 g/mol. The molecule has 0 saturated carbocycles. The van der Waals surface area contributed by atoms with E-state index in [2.05, 4.69) is 60.4 Å². The van der Waals surface area contributed by atoms with Crippen LogP contribution in [0, 0.1) is 6.92 Å². The highest BCUT2D eigenvalue weighted by Crippen LogP contribution is 2.36. The van der Waals surface area contributed by atoms with Crippen LogP contribution in [0.3, 0.4) is 0 Å². The van der Waals surface area contributed by atoms with Gasteiger partial charge in [0.2, 0.25) is 0 Å². The van der Waals surface area contributed by atoms with Crippen molar-refractivity contribution >= 4 is 5.69 Å². The Morgan fingerprint density at radius 3 is 2.71 bits per heavy atom. The Labute approximate surface area is 127 Å². The van der Waals surface area contributed by atoms with E-state index >= 15 is 0 Å². The van der Waals surface area contributed by atoms with Crippen LogP contribution in [0.25, 0.3) is 0 Å². The number of hydrogen-bond acceptors (Lipinski definition) is 2. The zero-order valence-corrected chi connectivity index (χ0v) is 12.8. The molecule has 1 atom stereocenters. The van der Waals surface area contributed by atoms with Crippen molar-refractivity contribution in [2.45, 2.75) is 32.2 Å². The van der Waals surface area contributed by atoms with Crippen LogP contribution in [-0.2, 0) is 6.42 Å². The van der Waals surface area contributed by atoms with E-state index in [1.807, 2.05) is 0 Å². The topological polar surface area (TPSA) is 29.3 Å². The van der Waals surface area contributed by atoms with Gasteiger partial charge in [0.15, 0.2) is 0 Å². The highest BCUT2D eigenvalue weighted by atomic mass is 15.2. The Morgan fingerprint density at radius 2 is 1.95 bits per heavy atom. The van der Waals surface area contributed by atoms with Gasteiger partial charge in [-0.2, -0.15) is 0 Å². The summed E-state index contributed by atoms with van der Waals surface area (Å²) in [6.07, 6.45) is 3.42. The maximum absolute atomic E-state index is 5.89. The summed E-state index contributed by atoms with van der Waals surface area (Å²) in [6, 6.07) is 18.0. The van der Waals surface area contributed by atoms with E-state index in [1.54, 1.807) is 0 Å². The fourth-order valence-corrected chi connectivity index (χ4v) is 3.41. The van der Waals surface area contributed by atoms with Gasteiger partial charge >= 0.3 is 0 Å². The molecule has 1 unspecified atom stereocenters. The molecule has 110 valence electrons. The van der Waals surface area contributed by atoms with Crippen molar-refractivity contribution in [3.8, 4) is 0 Å². The summed E-state index contributed by atoms with van der Waals surface area (Å²) in [4.78, 5) is 2.56. The predicted octanol–water partition coefficient (Wildman–Crippen LogP) is 3.84. The SMILES string of the molecule is Cc1ccc2c(c1)CCCN2C(CCN)c1ccccc1. The summed E-state index contributed by atoms with van der Waals surface area (Å²) in [7, 11) is 0. The Balaban J connectivity index is 1.98. The second-order valence-electron chi connectivity index (χ2n) is 5.93. The number of aryl methyl sites for hydroxylation is 2. The summed E-state index contributed by atoms with van der Waals surface area (Å²) >= 11 is 0. The fraction of sp³-hybridized carbons (Fsp3) is 0.368. The van der Waals surface area contributed by atoms with Crippen molar-refractivity contribution in [2.75, 3.05) is 18.0 Å². The maximum atomic E-state index is 5.89. The van der Waals surface area contributed by atoms with Crippen LogP contribution in [0.5, 0.6) is 0 Å². The monoisotopic (exact) mass is 280 g/mol. The van der Waals surface area contributed by atoms with Crippen LogP contribution in [0.15, 0.2) is 48.5 Å². The van der Waals surface area contributed by atoms with Gasteiger partial charge in [0.25, 0.3) is 0 Å². The van der Waals surface area contributed by atoms with Gasteiger partial charge in [-0.05, 0) is 49.9 Å². The van der Waals surface area contributed by atoms with Gasteiger partial charge in [0.1, 0.15) is 0 Å². The normalized spacial score (nSPS) is 15.6. The van der Waals surface area contributed by atoms with E-state index in [0.29, 0.717) is 6.04 Å². The first-order valence-electron chi connectivity index (χ1n) is 7.91. The van der Waals surface area contributed by atoms with Gasteiger partial charge in [0.05, 0.1) is 6.04 Å². The molecule has 2 N–H and O–H groups in total. The Hall–Kier alpha value is -1.80. The van der Waals surface area contributed by atoms with Crippen LogP contribution >= 0.6 is 0 Å². The first-order chi connectivity index (χ1) is 10.3. The van der Waals surface area contributed by atoms with Crippen molar-refractivity contribution < 1.29 is 0 Å². The van der Waals surface area contributed by atoms with Gasteiger partial charge < -0.3 is 10.6 Å². The van der Waals surface area contributed by atoms with Gasteiger partial charge in [-0.1, -0.05) is 48.0 Å². The van der Waals surface area contributed by atoms with Crippen LogP contribution in [-0.4, -0.2) is 13.1 Å². The van der Waals surface area contributed by atoms with E-state index in [1.165, 1.54) is 35.2 Å². The summed E-state index contributed by atoms with van der Waals surface area (Å²) in [5, 5.41) is 0. The van der Waals surface area contributed by atoms with Crippen molar-refractivity contribution in [3.05, 3.63) is 65.2 Å². The van der Waals surface area contributed by atoms with Crippen LogP contribution in [0.1, 0.15) is 35.6 Å². The summed E-state index contributed by atoms with van der Waals surface area (Å²) in [5.74, 6) is 0. The van der Waals surface area contributed by atoms with E-state index in [4.69, 9.17) is 5.73 Å². The van der Waals surface area contributed by atoms with Crippen LogP contribution < -0.4 is 10.6 Å². The molecule has 21 heavy (non-hydrogen) atoms. The molecule has 0 spiro atoms. The van der Waals surface area contributed by atoms with Crippen LogP contribution in [0.2, 0.25) is 0 Å². The quantitative estimate of drug-likeness (QED) is 0.922. The molecule has 2 heteroatoms. The standard InChI is InChI=1S/C19H24N2/c1-15-9-10-18-17(14-15)8-5-13-21(18)19(11-12-20)16-6-3-2-4-7-16/h2-4,6-7,9-10,14,19H,5,8,11-13,20H2,1H3. The average Bonchev–Trinajstić information content (AvgIpc) is 2.53. The Kier molecular flexibility index (Phi) is 4.26.